The molecule has 0 aliphatic heterocycles. The van der Waals surface area contributed by atoms with Crippen LogP contribution in [-0.2, 0) is 0 Å². The molecule has 4 heteroatoms. The SMILES string of the molecule is c1ccc(N(c2ccccc2)c2ccc3c(c2)c2cc(N(c4ccccc4)c4ccccc4)ccc2n3-c2cccc(-c3ccc(-c4ccccn4)cc3)c2)cc1. The van der Waals surface area contributed by atoms with Gasteiger partial charge in [-0.1, -0.05) is 115 Å². The van der Waals surface area contributed by atoms with Crippen LogP contribution in [0.4, 0.5) is 34.1 Å². The molecule has 0 aliphatic rings. The molecule has 2 aromatic heterocycles. The molecular weight excluding hydrogens is 693 g/mol. The lowest BCUT2D eigenvalue weighted by Crippen LogP contribution is -2.09. The highest BCUT2D eigenvalue weighted by atomic mass is 15.1. The molecule has 4 nitrogen and oxygen atoms in total. The molecule has 0 amide bonds. The van der Waals surface area contributed by atoms with Crippen molar-refractivity contribution in [3.05, 3.63) is 231 Å². The maximum absolute atomic E-state index is 4.55. The highest BCUT2D eigenvalue weighted by molar-refractivity contribution is 6.12. The maximum atomic E-state index is 4.55. The summed E-state index contributed by atoms with van der Waals surface area (Å²) in [6, 6.07) is 79.8. The van der Waals surface area contributed by atoms with E-state index in [1.807, 2.05) is 24.4 Å². The summed E-state index contributed by atoms with van der Waals surface area (Å²) >= 11 is 0. The Morgan fingerprint density at radius 3 is 1.23 bits per heavy atom. The first kappa shape index (κ1) is 33.8. The molecule has 10 aromatic rings. The van der Waals surface area contributed by atoms with Gasteiger partial charge >= 0.3 is 0 Å². The van der Waals surface area contributed by atoms with Crippen molar-refractivity contribution in [3.8, 4) is 28.1 Å². The first-order valence-electron chi connectivity index (χ1n) is 19.3. The number of anilines is 6. The van der Waals surface area contributed by atoms with Crippen LogP contribution in [0, 0.1) is 0 Å². The van der Waals surface area contributed by atoms with E-state index in [0.717, 1.165) is 73.2 Å². The molecule has 2 heterocycles. The molecule has 0 saturated heterocycles. The molecule has 10 rings (SSSR count). The lowest BCUT2D eigenvalue weighted by atomic mass is 10.0. The second kappa shape index (κ2) is 14.9. The van der Waals surface area contributed by atoms with Gasteiger partial charge in [-0.2, -0.15) is 0 Å². The van der Waals surface area contributed by atoms with E-state index in [2.05, 4.69) is 226 Å². The third-order valence-corrected chi connectivity index (χ3v) is 10.6. The molecule has 0 spiro atoms. The number of hydrogen-bond acceptors (Lipinski definition) is 3. The smallest absolute Gasteiger partial charge is 0.0701 e. The van der Waals surface area contributed by atoms with Crippen LogP contribution in [0.3, 0.4) is 0 Å². The van der Waals surface area contributed by atoms with Crippen LogP contribution < -0.4 is 9.80 Å². The van der Waals surface area contributed by atoms with Gasteiger partial charge in [-0.25, -0.2) is 0 Å². The predicted molar refractivity (Wildman–Crippen MR) is 239 cm³/mol. The zero-order valence-corrected chi connectivity index (χ0v) is 31.2. The number of benzene rings is 8. The van der Waals surface area contributed by atoms with E-state index < -0.39 is 0 Å². The van der Waals surface area contributed by atoms with E-state index in [4.69, 9.17) is 0 Å². The van der Waals surface area contributed by atoms with Gasteiger partial charge in [-0.3, -0.25) is 4.98 Å². The Bertz CT molecular complexity index is 2710. The van der Waals surface area contributed by atoms with Gasteiger partial charge in [0.25, 0.3) is 0 Å². The van der Waals surface area contributed by atoms with Crippen LogP contribution >= 0.6 is 0 Å². The standard InChI is InChI=1S/C53H38N4/c1-5-17-42(18-6-1)55(43-19-7-2-8-20-43)47-31-33-52-49(37-47)50-38-48(56(44-21-9-3-10-22-44)45-23-11-4-12-24-45)32-34-53(50)57(52)46-25-15-16-41(36-46)39-27-29-40(30-28-39)51-26-13-14-35-54-51/h1-38H. The van der Waals surface area contributed by atoms with Gasteiger partial charge in [-0.05, 0) is 120 Å². The fourth-order valence-electron chi connectivity index (χ4n) is 7.95. The Kier molecular flexibility index (Phi) is 8.82. The maximum Gasteiger partial charge on any atom is 0.0701 e. The lowest BCUT2D eigenvalue weighted by molar-refractivity contribution is 1.18. The van der Waals surface area contributed by atoms with Gasteiger partial charge in [0, 0.05) is 62.3 Å². The molecular formula is C53H38N4. The molecule has 0 saturated carbocycles. The molecule has 0 aliphatic carbocycles. The van der Waals surface area contributed by atoms with Crippen molar-refractivity contribution in [1.29, 1.82) is 0 Å². The van der Waals surface area contributed by atoms with Crippen molar-refractivity contribution in [1.82, 2.24) is 9.55 Å². The fraction of sp³-hybridized carbons (Fsp3) is 0. The number of aromatic nitrogens is 2. The summed E-state index contributed by atoms with van der Waals surface area (Å²) in [5, 5.41) is 2.35. The van der Waals surface area contributed by atoms with Crippen molar-refractivity contribution in [2.45, 2.75) is 0 Å². The molecule has 8 aromatic carbocycles. The number of nitrogens with zero attached hydrogens (tertiary/aromatic N) is 4. The van der Waals surface area contributed by atoms with Crippen LogP contribution in [-0.4, -0.2) is 9.55 Å². The van der Waals surface area contributed by atoms with E-state index in [1.54, 1.807) is 0 Å². The Hall–Kier alpha value is -7.69. The largest absolute Gasteiger partial charge is 0.310 e. The second-order valence-corrected chi connectivity index (χ2v) is 14.1. The Morgan fingerprint density at radius 2 is 0.772 bits per heavy atom. The summed E-state index contributed by atoms with van der Waals surface area (Å²) in [4.78, 5) is 9.22. The molecule has 57 heavy (non-hydrogen) atoms. The zero-order chi connectivity index (χ0) is 38.0. The molecule has 0 radical (unpaired) electrons. The number of pyridine rings is 1. The third kappa shape index (κ3) is 6.49. The summed E-state index contributed by atoms with van der Waals surface area (Å²) in [5.41, 5.74) is 14.4. The topological polar surface area (TPSA) is 24.3 Å². The molecule has 270 valence electrons. The summed E-state index contributed by atoms with van der Waals surface area (Å²) < 4.78 is 2.41. The molecule has 0 N–H and O–H groups in total. The van der Waals surface area contributed by atoms with Gasteiger partial charge in [0.05, 0.1) is 16.7 Å². The minimum Gasteiger partial charge on any atom is -0.310 e. The van der Waals surface area contributed by atoms with Gasteiger partial charge in [0.15, 0.2) is 0 Å². The zero-order valence-electron chi connectivity index (χ0n) is 31.2. The van der Waals surface area contributed by atoms with Gasteiger partial charge < -0.3 is 14.4 Å². The van der Waals surface area contributed by atoms with Crippen LogP contribution in [0.5, 0.6) is 0 Å². The normalized spacial score (nSPS) is 11.2. The average Bonchev–Trinajstić information content (AvgIpc) is 3.61. The van der Waals surface area contributed by atoms with E-state index in [9.17, 15) is 0 Å². The van der Waals surface area contributed by atoms with Crippen molar-refractivity contribution < 1.29 is 0 Å². The van der Waals surface area contributed by atoms with Gasteiger partial charge in [-0.15, -0.1) is 0 Å². The quantitative estimate of drug-likeness (QED) is 0.148. The fourth-order valence-corrected chi connectivity index (χ4v) is 7.95. The summed E-state index contributed by atoms with van der Waals surface area (Å²) in [6.45, 7) is 0. The number of para-hydroxylation sites is 4. The van der Waals surface area contributed by atoms with E-state index in [1.165, 1.54) is 10.8 Å². The second-order valence-electron chi connectivity index (χ2n) is 14.1. The minimum atomic E-state index is 0.970. The number of fused-ring (bicyclic) bond motifs is 3. The highest BCUT2D eigenvalue weighted by Crippen LogP contribution is 2.43. The predicted octanol–water partition coefficient (Wildman–Crippen LogP) is 14.5. The van der Waals surface area contributed by atoms with Crippen LogP contribution in [0.15, 0.2) is 231 Å². The molecule has 0 atom stereocenters. The van der Waals surface area contributed by atoms with Crippen molar-refractivity contribution in [2.75, 3.05) is 9.80 Å². The van der Waals surface area contributed by atoms with E-state index >= 15 is 0 Å². The Balaban J connectivity index is 1.17. The molecule has 0 bridgehead atoms. The molecule has 0 unspecified atom stereocenters. The summed E-state index contributed by atoms with van der Waals surface area (Å²) in [7, 11) is 0. The van der Waals surface area contributed by atoms with Crippen molar-refractivity contribution in [3.63, 3.8) is 0 Å². The summed E-state index contributed by atoms with van der Waals surface area (Å²) in [5.74, 6) is 0. The van der Waals surface area contributed by atoms with E-state index in [-0.39, 0.29) is 0 Å². The average molecular weight is 731 g/mol. The van der Waals surface area contributed by atoms with Crippen molar-refractivity contribution >= 4 is 55.9 Å². The monoisotopic (exact) mass is 730 g/mol. The van der Waals surface area contributed by atoms with Crippen LogP contribution in [0.2, 0.25) is 0 Å². The number of hydrogen-bond donors (Lipinski definition) is 0. The number of rotatable bonds is 9. The van der Waals surface area contributed by atoms with Crippen LogP contribution in [0.1, 0.15) is 0 Å². The Labute approximate surface area is 332 Å². The summed E-state index contributed by atoms with van der Waals surface area (Å²) in [6.07, 6.45) is 1.84. The van der Waals surface area contributed by atoms with Gasteiger partial charge in [0.2, 0.25) is 0 Å². The lowest BCUT2D eigenvalue weighted by Gasteiger charge is -2.26. The molecule has 0 fully saturated rings. The highest BCUT2D eigenvalue weighted by Gasteiger charge is 2.20. The first-order chi connectivity index (χ1) is 28.3. The third-order valence-electron chi connectivity index (χ3n) is 10.6. The minimum absolute atomic E-state index is 0.970. The van der Waals surface area contributed by atoms with Crippen molar-refractivity contribution in [2.24, 2.45) is 0 Å². The van der Waals surface area contributed by atoms with Crippen LogP contribution in [0.25, 0.3) is 49.9 Å². The van der Waals surface area contributed by atoms with E-state index in [0.29, 0.717) is 0 Å². The first-order valence-corrected chi connectivity index (χ1v) is 19.3. The van der Waals surface area contributed by atoms with Gasteiger partial charge in [0.1, 0.15) is 0 Å². The Morgan fingerprint density at radius 1 is 0.316 bits per heavy atom.